The first kappa shape index (κ1) is 13.3. The Labute approximate surface area is 123 Å². The number of hydrogen-bond donors (Lipinski definition) is 1. The van der Waals surface area contributed by atoms with E-state index in [4.69, 9.17) is 0 Å². The van der Waals surface area contributed by atoms with Crippen molar-refractivity contribution in [2.24, 2.45) is 0 Å². The fourth-order valence-electron chi connectivity index (χ4n) is 1.57. The number of benzene rings is 1. The maximum Gasteiger partial charge on any atom is 0.0305 e. The highest BCUT2D eigenvalue weighted by atomic mass is 79.9. The number of thiophene rings is 1. The van der Waals surface area contributed by atoms with Gasteiger partial charge in [-0.3, -0.25) is 0 Å². The van der Waals surface area contributed by atoms with Crippen LogP contribution in [0, 0.1) is 0 Å². The third-order valence-corrected chi connectivity index (χ3v) is 4.80. The van der Waals surface area contributed by atoms with Crippen molar-refractivity contribution in [3.63, 3.8) is 0 Å². The van der Waals surface area contributed by atoms with Gasteiger partial charge in [-0.05, 0) is 46.6 Å². The van der Waals surface area contributed by atoms with Crippen LogP contribution in [0.2, 0.25) is 0 Å². The molecular formula is C13H13Br2NS. The Morgan fingerprint density at radius 2 is 1.88 bits per heavy atom. The van der Waals surface area contributed by atoms with Gasteiger partial charge < -0.3 is 5.32 Å². The average molecular weight is 375 g/mol. The van der Waals surface area contributed by atoms with Crippen molar-refractivity contribution in [3.05, 3.63) is 55.1 Å². The minimum atomic E-state index is 0.365. The average Bonchev–Trinajstić information content (AvgIpc) is 2.73. The van der Waals surface area contributed by atoms with Crippen LogP contribution < -0.4 is 5.32 Å². The Morgan fingerprint density at radius 3 is 2.47 bits per heavy atom. The van der Waals surface area contributed by atoms with E-state index in [0.29, 0.717) is 6.04 Å². The molecule has 0 radical (unpaired) electrons. The summed E-state index contributed by atoms with van der Waals surface area (Å²) in [6.45, 7) is 3.10. The standard InChI is InChI=1S/C13H13Br2NS/c1-9(10-2-4-11(14)5-3-10)16-7-13-6-12(15)8-17-13/h2-6,8-9,16H,7H2,1H3/t9-/m0/s1. The summed E-state index contributed by atoms with van der Waals surface area (Å²) in [5, 5.41) is 5.63. The lowest BCUT2D eigenvalue weighted by atomic mass is 10.1. The highest BCUT2D eigenvalue weighted by Crippen LogP contribution is 2.21. The lowest BCUT2D eigenvalue weighted by Crippen LogP contribution is -2.17. The van der Waals surface area contributed by atoms with Gasteiger partial charge in [0.05, 0.1) is 0 Å². The second-order valence-corrected chi connectivity index (χ2v) is 6.71. The van der Waals surface area contributed by atoms with E-state index in [2.05, 4.69) is 79.8 Å². The molecule has 0 aliphatic carbocycles. The second kappa shape index (κ2) is 6.14. The van der Waals surface area contributed by atoms with Crippen molar-refractivity contribution in [2.45, 2.75) is 19.5 Å². The molecule has 90 valence electrons. The van der Waals surface area contributed by atoms with Crippen molar-refractivity contribution >= 4 is 43.2 Å². The lowest BCUT2D eigenvalue weighted by molar-refractivity contribution is 0.579. The maximum absolute atomic E-state index is 3.52. The summed E-state index contributed by atoms with van der Waals surface area (Å²) < 4.78 is 2.28. The van der Waals surface area contributed by atoms with Gasteiger partial charge in [-0.1, -0.05) is 28.1 Å². The van der Waals surface area contributed by atoms with Gasteiger partial charge in [0.15, 0.2) is 0 Å². The molecule has 17 heavy (non-hydrogen) atoms. The summed E-state index contributed by atoms with van der Waals surface area (Å²) >= 11 is 8.69. The minimum absolute atomic E-state index is 0.365. The van der Waals surface area contributed by atoms with Gasteiger partial charge in [0, 0.05) is 31.8 Å². The Morgan fingerprint density at radius 1 is 1.18 bits per heavy atom. The van der Waals surface area contributed by atoms with Gasteiger partial charge in [-0.2, -0.15) is 0 Å². The largest absolute Gasteiger partial charge is 0.305 e. The molecule has 1 aromatic carbocycles. The first-order valence-corrected chi connectivity index (χ1v) is 7.83. The second-order valence-electron chi connectivity index (χ2n) is 3.89. The van der Waals surface area contributed by atoms with Crippen LogP contribution in [0.1, 0.15) is 23.4 Å². The van der Waals surface area contributed by atoms with Gasteiger partial charge in [0.1, 0.15) is 0 Å². The molecule has 0 amide bonds. The fourth-order valence-corrected chi connectivity index (χ4v) is 3.24. The molecule has 2 rings (SSSR count). The van der Waals surface area contributed by atoms with Gasteiger partial charge >= 0.3 is 0 Å². The van der Waals surface area contributed by atoms with Gasteiger partial charge in [-0.15, -0.1) is 11.3 Å². The van der Waals surface area contributed by atoms with Gasteiger partial charge in [0.2, 0.25) is 0 Å². The van der Waals surface area contributed by atoms with Crippen LogP contribution in [0.3, 0.4) is 0 Å². The molecule has 0 fully saturated rings. The van der Waals surface area contributed by atoms with E-state index < -0.39 is 0 Å². The van der Waals surface area contributed by atoms with Crippen LogP contribution in [0.5, 0.6) is 0 Å². The van der Waals surface area contributed by atoms with E-state index in [1.165, 1.54) is 10.4 Å². The molecule has 0 bridgehead atoms. The summed E-state index contributed by atoms with van der Waals surface area (Å²) in [7, 11) is 0. The van der Waals surface area contributed by atoms with Crippen LogP contribution in [0.25, 0.3) is 0 Å². The molecule has 4 heteroatoms. The van der Waals surface area contributed by atoms with Gasteiger partial charge in [-0.25, -0.2) is 0 Å². The predicted molar refractivity (Wildman–Crippen MR) is 81.4 cm³/mol. The number of halogens is 2. The van der Waals surface area contributed by atoms with E-state index in [1.807, 2.05) is 0 Å². The molecule has 1 atom stereocenters. The molecular weight excluding hydrogens is 362 g/mol. The molecule has 1 N–H and O–H groups in total. The monoisotopic (exact) mass is 373 g/mol. The van der Waals surface area contributed by atoms with Crippen LogP contribution in [0.4, 0.5) is 0 Å². The minimum Gasteiger partial charge on any atom is -0.305 e. The fraction of sp³-hybridized carbons (Fsp3) is 0.231. The van der Waals surface area contributed by atoms with E-state index in [0.717, 1.165) is 15.5 Å². The molecule has 1 heterocycles. The zero-order valence-electron chi connectivity index (χ0n) is 9.41. The highest BCUT2D eigenvalue weighted by molar-refractivity contribution is 9.10. The molecule has 0 saturated carbocycles. The Bertz CT molecular complexity index is 478. The summed E-state index contributed by atoms with van der Waals surface area (Å²) in [5.74, 6) is 0. The molecule has 1 aromatic heterocycles. The lowest BCUT2D eigenvalue weighted by Gasteiger charge is -2.13. The van der Waals surface area contributed by atoms with Crippen LogP contribution in [0.15, 0.2) is 44.7 Å². The Hall–Kier alpha value is -0.160. The zero-order valence-corrected chi connectivity index (χ0v) is 13.4. The van der Waals surface area contributed by atoms with Crippen molar-refractivity contribution in [3.8, 4) is 0 Å². The summed E-state index contributed by atoms with van der Waals surface area (Å²) in [5.41, 5.74) is 1.31. The van der Waals surface area contributed by atoms with Crippen molar-refractivity contribution in [2.75, 3.05) is 0 Å². The van der Waals surface area contributed by atoms with Gasteiger partial charge in [0.25, 0.3) is 0 Å². The Kier molecular flexibility index (Phi) is 4.79. The maximum atomic E-state index is 3.52. The van der Waals surface area contributed by atoms with Crippen molar-refractivity contribution in [1.29, 1.82) is 0 Å². The van der Waals surface area contributed by atoms with Crippen LogP contribution in [-0.2, 0) is 6.54 Å². The molecule has 1 nitrogen and oxygen atoms in total. The molecule has 0 unspecified atom stereocenters. The third kappa shape index (κ3) is 3.91. The van der Waals surface area contributed by atoms with E-state index in [9.17, 15) is 0 Å². The molecule has 0 saturated heterocycles. The summed E-state index contributed by atoms with van der Waals surface area (Å²) in [6.07, 6.45) is 0. The van der Waals surface area contributed by atoms with Crippen LogP contribution in [-0.4, -0.2) is 0 Å². The van der Waals surface area contributed by atoms with Crippen molar-refractivity contribution in [1.82, 2.24) is 5.32 Å². The first-order valence-electron chi connectivity index (χ1n) is 5.37. The molecule has 0 aliphatic rings. The molecule has 2 aromatic rings. The van der Waals surface area contributed by atoms with E-state index in [1.54, 1.807) is 11.3 Å². The number of nitrogens with one attached hydrogen (secondary N) is 1. The first-order chi connectivity index (χ1) is 8.15. The Balaban J connectivity index is 1.93. The summed E-state index contributed by atoms with van der Waals surface area (Å²) in [6, 6.07) is 11.0. The third-order valence-electron chi connectivity index (χ3n) is 2.57. The SMILES string of the molecule is C[C@H](NCc1cc(Br)cs1)c1ccc(Br)cc1. The normalized spacial score (nSPS) is 12.6. The summed E-state index contributed by atoms with van der Waals surface area (Å²) in [4.78, 5) is 1.35. The predicted octanol–water partition coefficient (Wildman–Crippen LogP) is 5.12. The van der Waals surface area contributed by atoms with E-state index in [-0.39, 0.29) is 0 Å². The topological polar surface area (TPSA) is 12.0 Å². The smallest absolute Gasteiger partial charge is 0.0305 e. The molecule has 0 aliphatic heterocycles. The number of rotatable bonds is 4. The van der Waals surface area contributed by atoms with Crippen molar-refractivity contribution < 1.29 is 0 Å². The van der Waals surface area contributed by atoms with Crippen LogP contribution >= 0.6 is 43.2 Å². The zero-order chi connectivity index (χ0) is 12.3. The quantitative estimate of drug-likeness (QED) is 0.782. The molecule has 0 spiro atoms. The number of hydrogen-bond acceptors (Lipinski definition) is 2. The highest BCUT2D eigenvalue weighted by Gasteiger charge is 2.05. The van der Waals surface area contributed by atoms with E-state index >= 15 is 0 Å².